The van der Waals surface area contributed by atoms with Crippen LogP contribution in [0, 0.1) is 19.8 Å². The Balaban J connectivity index is 2.09. The molecule has 0 aliphatic carbocycles. The number of aromatic nitrogens is 4. The van der Waals surface area contributed by atoms with Gasteiger partial charge < -0.3 is 4.57 Å². The first-order chi connectivity index (χ1) is 12.3. The Morgan fingerprint density at radius 3 is 2.27 bits per heavy atom. The first-order valence-electron chi connectivity index (χ1n) is 9.53. The normalized spacial score (nSPS) is 12.0. The van der Waals surface area contributed by atoms with Crippen molar-refractivity contribution < 1.29 is 0 Å². The molecule has 3 rings (SSSR count). The quantitative estimate of drug-likeness (QED) is 0.663. The number of hydrogen-bond acceptors (Lipinski definition) is 2. The minimum Gasteiger partial charge on any atom is -0.331 e. The van der Waals surface area contributed by atoms with E-state index in [1.54, 1.807) is 0 Å². The van der Waals surface area contributed by atoms with Crippen LogP contribution in [0.5, 0.6) is 0 Å². The number of rotatable bonds is 6. The fourth-order valence-corrected chi connectivity index (χ4v) is 3.55. The number of fused-ring (bicyclic) bond motifs is 1. The fraction of sp³-hybridized carbons (Fsp3) is 0.524. The molecule has 0 spiro atoms. The van der Waals surface area contributed by atoms with Crippen LogP contribution in [0.2, 0.25) is 0 Å². The van der Waals surface area contributed by atoms with Gasteiger partial charge in [-0.15, -0.1) is 0 Å². The highest BCUT2D eigenvalue weighted by Crippen LogP contribution is 2.19. The van der Waals surface area contributed by atoms with Crippen LogP contribution in [0.25, 0.3) is 11.0 Å². The SMILES string of the molecule is Cc1nc(Cn2c(=O)n(C(C)C)c3ccccc32)n(CCC(C)C)c1C. The van der Waals surface area contributed by atoms with Crippen molar-refractivity contribution >= 4 is 11.0 Å². The summed E-state index contributed by atoms with van der Waals surface area (Å²) in [7, 11) is 0. The third-order valence-corrected chi connectivity index (χ3v) is 5.15. The third-order valence-electron chi connectivity index (χ3n) is 5.15. The highest BCUT2D eigenvalue weighted by molar-refractivity contribution is 5.76. The van der Waals surface area contributed by atoms with Crippen molar-refractivity contribution in [3.63, 3.8) is 0 Å². The summed E-state index contributed by atoms with van der Waals surface area (Å²) in [5, 5.41) is 0. The lowest BCUT2D eigenvalue weighted by atomic mass is 10.1. The monoisotopic (exact) mass is 354 g/mol. The number of benzene rings is 1. The molecule has 0 bridgehead atoms. The molecule has 2 aromatic heterocycles. The van der Waals surface area contributed by atoms with E-state index in [4.69, 9.17) is 4.98 Å². The molecule has 0 unspecified atom stereocenters. The van der Waals surface area contributed by atoms with Gasteiger partial charge >= 0.3 is 5.69 Å². The molecular formula is C21H30N4O. The molecule has 0 atom stereocenters. The predicted molar refractivity (Wildman–Crippen MR) is 107 cm³/mol. The van der Waals surface area contributed by atoms with Crippen LogP contribution < -0.4 is 5.69 Å². The number of hydrogen-bond donors (Lipinski definition) is 0. The van der Waals surface area contributed by atoms with E-state index in [-0.39, 0.29) is 11.7 Å². The van der Waals surface area contributed by atoms with Gasteiger partial charge in [0.25, 0.3) is 0 Å². The zero-order valence-electron chi connectivity index (χ0n) is 16.8. The van der Waals surface area contributed by atoms with Gasteiger partial charge in [0, 0.05) is 18.3 Å². The lowest BCUT2D eigenvalue weighted by Crippen LogP contribution is -2.27. The number of para-hydroxylation sites is 2. The van der Waals surface area contributed by atoms with Gasteiger partial charge in [-0.05, 0) is 52.2 Å². The summed E-state index contributed by atoms with van der Waals surface area (Å²) in [6.45, 7) is 14.2. The largest absolute Gasteiger partial charge is 0.331 e. The summed E-state index contributed by atoms with van der Waals surface area (Å²) in [6.07, 6.45) is 1.10. The van der Waals surface area contributed by atoms with Crippen molar-refractivity contribution in [1.29, 1.82) is 0 Å². The minimum atomic E-state index is 0.0370. The molecule has 0 N–H and O–H groups in total. The molecule has 3 aromatic rings. The molecule has 2 heterocycles. The summed E-state index contributed by atoms with van der Waals surface area (Å²) in [4.78, 5) is 17.9. The smallest absolute Gasteiger partial charge is 0.329 e. The van der Waals surface area contributed by atoms with Crippen LogP contribution in [-0.2, 0) is 13.1 Å². The first kappa shape index (κ1) is 18.5. The van der Waals surface area contributed by atoms with Gasteiger partial charge in [0.05, 0.1) is 23.3 Å². The molecule has 5 nitrogen and oxygen atoms in total. The summed E-state index contributed by atoms with van der Waals surface area (Å²) in [6, 6.07) is 8.15. The molecule has 26 heavy (non-hydrogen) atoms. The highest BCUT2D eigenvalue weighted by Gasteiger charge is 2.18. The molecule has 0 fully saturated rings. The Hall–Kier alpha value is -2.30. The van der Waals surface area contributed by atoms with E-state index in [0.717, 1.165) is 35.5 Å². The summed E-state index contributed by atoms with van der Waals surface area (Å²) in [5.41, 5.74) is 4.24. The summed E-state index contributed by atoms with van der Waals surface area (Å²) >= 11 is 0. The fourth-order valence-electron chi connectivity index (χ4n) is 3.55. The van der Waals surface area contributed by atoms with Crippen LogP contribution in [0.4, 0.5) is 0 Å². The zero-order valence-corrected chi connectivity index (χ0v) is 16.8. The van der Waals surface area contributed by atoms with Crippen LogP contribution in [0.3, 0.4) is 0 Å². The van der Waals surface area contributed by atoms with Gasteiger partial charge in [-0.3, -0.25) is 9.13 Å². The number of imidazole rings is 2. The molecule has 0 saturated heterocycles. The molecule has 140 valence electrons. The summed E-state index contributed by atoms with van der Waals surface area (Å²) in [5.74, 6) is 1.60. The highest BCUT2D eigenvalue weighted by atomic mass is 16.1. The minimum absolute atomic E-state index is 0.0370. The van der Waals surface area contributed by atoms with Crippen molar-refractivity contribution in [1.82, 2.24) is 18.7 Å². The number of nitrogens with zero attached hydrogens (tertiary/aromatic N) is 4. The first-order valence-corrected chi connectivity index (χ1v) is 9.53. The Kier molecular flexibility index (Phi) is 5.08. The molecular weight excluding hydrogens is 324 g/mol. The maximum absolute atomic E-state index is 13.1. The van der Waals surface area contributed by atoms with Gasteiger partial charge in [0.2, 0.25) is 0 Å². The van der Waals surface area contributed by atoms with Crippen molar-refractivity contribution in [2.75, 3.05) is 0 Å². The van der Waals surface area contributed by atoms with Crippen molar-refractivity contribution in [3.8, 4) is 0 Å². The van der Waals surface area contributed by atoms with E-state index < -0.39 is 0 Å². The maximum Gasteiger partial charge on any atom is 0.329 e. The molecule has 0 radical (unpaired) electrons. The van der Waals surface area contributed by atoms with Crippen LogP contribution in [0.15, 0.2) is 29.1 Å². The standard InChI is InChI=1S/C21H30N4O/c1-14(2)11-12-23-17(6)16(5)22-20(23)13-24-18-9-7-8-10-19(18)25(15(3)4)21(24)26/h7-10,14-15H,11-13H2,1-6H3. The van der Waals surface area contributed by atoms with Crippen LogP contribution in [-0.4, -0.2) is 18.7 Å². The maximum atomic E-state index is 13.1. The van der Waals surface area contributed by atoms with Gasteiger partial charge in [-0.1, -0.05) is 26.0 Å². The van der Waals surface area contributed by atoms with E-state index in [0.29, 0.717) is 12.5 Å². The van der Waals surface area contributed by atoms with E-state index in [1.807, 2.05) is 40.3 Å². The Labute approximate surface area is 155 Å². The Bertz CT molecular complexity index is 972. The molecule has 0 aliphatic rings. The van der Waals surface area contributed by atoms with Gasteiger partial charge in [0.1, 0.15) is 5.82 Å². The second-order valence-electron chi connectivity index (χ2n) is 7.85. The van der Waals surface area contributed by atoms with Crippen molar-refractivity contribution in [2.45, 2.75) is 67.1 Å². The zero-order chi connectivity index (χ0) is 19.0. The van der Waals surface area contributed by atoms with E-state index in [9.17, 15) is 4.79 Å². The Morgan fingerprint density at radius 1 is 1.00 bits per heavy atom. The van der Waals surface area contributed by atoms with Crippen LogP contribution >= 0.6 is 0 Å². The molecule has 1 aromatic carbocycles. The van der Waals surface area contributed by atoms with Crippen molar-refractivity contribution in [2.24, 2.45) is 5.92 Å². The predicted octanol–water partition coefficient (Wildman–Crippen LogP) is 4.29. The van der Waals surface area contributed by atoms with Crippen molar-refractivity contribution in [3.05, 3.63) is 52.0 Å². The summed E-state index contributed by atoms with van der Waals surface area (Å²) < 4.78 is 6.02. The van der Waals surface area contributed by atoms with E-state index in [2.05, 4.69) is 39.2 Å². The second-order valence-corrected chi connectivity index (χ2v) is 7.85. The third kappa shape index (κ3) is 3.22. The lowest BCUT2D eigenvalue weighted by molar-refractivity contribution is 0.492. The molecule has 0 saturated carbocycles. The molecule has 0 aliphatic heterocycles. The van der Waals surface area contributed by atoms with Gasteiger partial charge in [-0.25, -0.2) is 9.78 Å². The average Bonchev–Trinajstić information content (AvgIpc) is 3.01. The second kappa shape index (κ2) is 7.14. The van der Waals surface area contributed by atoms with E-state index in [1.165, 1.54) is 5.69 Å². The van der Waals surface area contributed by atoms with E-state index >= 15 is 0 Å². The lowest BCUT2D eigenvalue weighted by Gasteiger charge is -2.12. The topological polar surface area (TPSA) is 44.8 Å². The van der Waals surface area contributed by atoms with Crippen LogP contribution in [0.1, 0.15) is 57.4 Å². The molecule has 0 amide bonds. The molecule has 5 heteroatoms. The van der Waals surface area contributed by atoms with Gasteiger partial charge in [-0.2, -0.15) is 0 Å². The Morgan fingerprint density at radius 2 is 1.65 bits per heavy atom. The average molecular weight is 354 g/mol. The number of aryl methyl sites for hydroxylation is 1. The van der Waals surface area contributed by atoms with Gasteiger partial charge in [0.15, 0.2) is 0 Å².